The number of anilines is 1. The SMILES string of the molecule is CCCc1cc(Cl)ccc1C1COc2ccc3cc2N(C1)CC1CCC1CCCCC(C)C(CCOC)S(=O)NC3=O.CO. The molecule has 1 aliphatic carbocycles. The predicted octanol–water partition coefficient (Wildman–Crippen LogP) is 6.92. The van der Waals surface area contributed by atoms with Crippen LogP contribution in [0.1, 0.15) is 92.6 Å². The standard InChI is InChI=1S/C34H47ClN2O4S.CH4O/c1-4-7-25-18-29(35)13-14-30(25)28-21-37-20-27-11-10-24(27)9-6-5-8-23(2)33(16-17-40-3)42(39)36-34(38)26-12-15-32(41-22-28)31(37)19-26;1-2/h12-15,18-19,23-24,27-28,33H,4-11,16-17,20-22H2,1-3H3,(H,36,38);2H,1H3. The number of halogens is 1. The summed E-state index contributed by atoms with van der Waals surface area (Å²) in [4.78, 5) is 15.9. The summed E-state index contributed by atoms with van der Waals surface area (Å²) in [6, 6.07) is 12.0. The van der Waals surface area contributed by atoms with Crippen LogP contribution < -0.4 is 14.4 Å². The lowest BCUT2D eigenvalue weighted by Crippen LogP contribution is -2.40. The number of methoxy groups -OCH3 is 1. The lowest BCUT2D eigenvalue weighted by Gasteiger charge is -2.41. The van der Waals surface area contributed by atoms with E-state index in [1.54, 1.807) is 13.2 Å². The van der Waals surface area contributed by atoms with E-state index in [0.717, 1.165) is 68.3 Å². The van der Waals surface area contributed by atoms with Gasteiger partial charge in [-0.1, -0.05) is 57.2 Å². The van der Waals surface area contributed by atoms with Crippen LogP contribution in [0.25, 0.3) is 0 Å². The Kier molecular flexibility index (Phi) is 13.4. The molecule has 5 rings (SSSR count). The summed E-state index contributed by atoms with van der Waals surface area (Å²) in [5.74, 6) is 2.31. The quantitative estimate of drug-likeness (QED) is 0.354. The number of carbonyl (C=O) groups is 1. The largest absolute Gasteiger partial charge is 0.491 e. The molecule has 1 fully saturated rings. The van der Waals surface area contributed by atoms with E-state index < -0.39 is 11.0 Å². The van der Waals surface area contributed by atoms with Crippen LogP contribution in [0, 0.1) is 17.8 Å². The third kappa shape index (κ3) is 8.56. The molecule has 6 atom stereocenters. The van der Waals surface area contributed by atoms with Crippen LogP contribution in [-0.4, -0.2) is 61.0 Å². The number of amides is 1. The van der Waals surface area contributed by atoms with Gasteiger partial charge in [-0.2, -0.15) is 0 Å². The second kappa shape index (κ2) is 17.0. The molecule has 6 unspecified atom stereocenters. The van der Waals surface area contributed by atoms with Crippen LogP contribution in [0.5, 0.6) is 5.75 Å². The van der Waals surface area contributed by atoms with Crippen molar-refractivity contribution >= 4 is 34.2 Å². The van der Waals surface area contributed by atoms with Gasteiger partial charge < -0.3 is 19.5 Å². The van der Waals surface area contributed by atoms with E-state index in [0.29, 0.717) is 31.1 Å². The van der Waals surface area contributed by atoms with Gasteiger partial charge in [0, 0.05) is 50.4 Å². The molecule has 44 heavy (non-hydrogen) atoms. The van der Waals surface area contributed by atoms with Crippen molar-refractivity contribution in [3.63, 3.8) is 0 Å². The van der Waals surface area contributed by atoms with E-state index in [-0.39, 0.29) is 23.0 Å². The molecule has 2 bridgehead atoms. The molecule has 2 aromatic rings. The third-order valence-corrected chi connectivity index (χ3v) is 11.6. The fourth-order valence-electron chi connectivity index (χ4n) is 7.12. The van der Waals surface area contributed by atoms with Crippen LogP contribution in [0.3, 0.4) is 0 Å². The number of nitrogens with zero attached hydrogens (tertiary/aromatic N) is 1. The minimum atomic E-state index is -1.50. The molecule has 244 valence electrons. The van der Waals surface area contributed by atoms with Crippen molar-refractivity contribution in [1.29, 1.82) is 0 Å². The number of benzene rings is 2. The predicted molar refractivity (Wildman–Crippen MR) is 180 cm³/mol. The number of fused-ring (bicyclic) bond motifs is 2. The van der Waals surface area contributed by atoms with Gasteiger partial charge in [0.1, 0.15) is 16.7 Å². The van der Waals surface area contributed by atoms with Crippen molar-refractivity contribution in [2.75, 3.05) is 45.4 Å². The maximum absolute atomic E-state index is 13.5. The van der Waals surface area contributed by atoms with Gasteiger partial charge >= 0.3 is 0 Å². The van der Waals surface area contributed by atoms with E-state index in [4.69, 9.17) is 26.2 Å². The lowest BCUT2D eigenvalue weighted by atomic mass is 9.70. The highest BCUT2D eigenvalue weighted by Crippen LogP contribution is 2.43. The van der Waals surface area contributed by atoms with E-state index >= 15 is 0 Å². The van der Waals surface area contributed by atoms with Crippen molar-refractivity contribution in [2.24, 2.45) is 17.8 Å². The Labute approximate surface area is 271 Å². The Balaban J connectivity index is 0.00000216. The molecule has 0 aromatic heterocycles. The number of aliphatic hydroxyl groups excluding tert-OH is 1. The van der Waals surface area contributed by atoms with E-state index in [1.165, 1.54) is 36.8 Å². The number of aliphatic hydroxyl groups is 1. The zero-order valence-corrected chi connectivity index (χ0v) is 28.4. The van der Waals surface area contributed by atoms with Gasteiger partial charge in [-0.3, -0.25) is 9.52 Å². The highest BCUT2D eigenvalue weighted by molar-refractivity contribution is 7.84. The molecule has 2 aliphatic heterocycles. The molecular formula is C35H51ClN2O5S. The molecule has 0 saturated heterocycles. The first kappa shape index (κ1) is 34.7. The number of hydrogen-bond acceptors (Lipinski definition) is 6. The second-order valence-corrected chi connectivity index (χ2v) is 14.4. The number of carbonyl (C=O) groups excluding carboxylic acids is 1. The zero-order valence-electron chi connectivity index (χ0n) is 26.9. The van der Waals surface area contributed by atoms with Crippen LogP contribution in [0.15, 0.2) is 36.4 Å². The molecular weight excluding hydrogens is 596 g/mol. The highest BCUT2D eigenvalue weighted by Gasteiger charge is 2.35. The summed E-state index contributed by atoms with van der Waals surface area (Å²) in [7, 11) is 1.17. The van der Waals surface area contributed by atoms with Crippen molar-refractivity contribution in [2.45, 2.75) is 82.8 Å². The van der Waals surface area contributed by atoms with Gasteiger partial charge in [-0.15, -0.1) is 0 Å². The molecule has 1 amide bonds. The summed E-state index contributed by atoms with van der Waals surface area (Å²) < 4.78 is 28.1. The molecule has 2 heterocycles. The monoisotopic (exact) mass is 646 g/mol. The Morgan fingerprint density at radius 3 is 2.57 bits per heavy atom. The fraction of sp³-hybridized carbons (Fsp3) is 0.629. The van der Waals surface area contributed by atoms with E-state index in [1.807, 2.05) is 18.2 Å². The Hall–Kier alpha value is -2.13. The lowest BCUT2D eigenvalue weighted by molar-refractivity contribution is 0.0982. The molecule has 7 nitrogen and oxygen atoms in total. The first-order chi connectivity index (χ1) is 21.4. The molecule has 1 saturated carbocycles. The molecule has 0 radical (unpaired) electrons. The normalized spacial score (nSPS) is 27.4. The van der Waals surface area contributed by atoms with Gasteiger partial charge in [0.2, 0.25) is 0 Å². The number of ether oxygens (including phenoxy) is 2. The minimum absolute atomic E-state index is 0.142. The van der Waals surface area contributed by atoms with E-state index in [9.17, 15) is 9.00 Å². The molecule has 2 aromatic carbocycles. The van der Waals surface area contributed by atoms with Crippen LogP contribution in [0.2, 0.25) is 5.02 Å². The van der Waals surface area contributed by atoms with Gasteiger partial charge in [0.15, 0.2) is 0 Å². The number of nitrogens with one attached hydrogen (secondary N) is 1. The van der Waals surface area contributed by atoms with Crippen molar-refractivity contribution in [3.8, 4) is 5.75 Å². The first-order valence-corrected chi connectivity index (χ1v) is 17.9. The Morgan fingerprint density at radius 1 is 1.07 bits per heavy atom. The van der Waals surface area contributed by atoms with Gasteiger partial charge in [-0.05, 0) is 91.3 Å². The number of hydrogen-bond donors (Lipinski definition) is 2. The zero-order chi connectivity index (χ0) is 31.6. The molecule has 0 spiro atoms. The Morgan fingerprint density at radius 2 is 1.84 bits per heavy atom. The highest BCUT2D eigenvalue weighted by atomic mass is 35.5. The fourth-order valence-corrected chi connectivity index (χ4v) is 8.63. The second-order valence-electron chi connectivity index (χ2n) is 12.6. The van der Waals surface area contributed by atoms with Crippen LogP contribution >= 0.6 is 11.6 Å². The van der Waals surface area contributed by atoms with Crippen molar-refractivity contribution in [1.82, 2.24) is 4.72 Å². The van der Waals surface area contributed by atoms with Gasteiger partial charge in [0.25, 0.3) is 5.91 Å². The summed E-state index contributed by atoms with van der Waals surface area (Å²) >= 11 is 6.41. The maximum atomic E-state index is 13.5. The van der Waals surface area contributed by atoms with Gasteiger partial charge in [0.05, 0.1) is 17.5 Å². The smallest absolute Gasteiger partial charge is 0.263 e. The topological polar surface area (TPSA) is 88.1 Å². The number of rotatable bonds is 6. The summed E-state index contributed by atoms with van der Waals surface area (Å²) in [5.41, 5.74) is 4.07. The number of aryl methyl sites for hydroxylation is 1. The minimum Gasteiger partial charge on any atom is -0.491 e. The van der Waals surface area contributed by atoms with Gasteiger partial charge in [-0.25, -0.2) is 4.21 Å². The average molecular weight is 647 g/mol. The first-order valence-electron chi connectivity index (χ1n) is 16.3. The molecule has 3 aliphatic rings. The van der Waals surface area contributed by atoms with Crippen LogP contribution in [-0.2, 0) is 22.1 Å². The molecule has 9 heteroatoms. The molecule has 2 N–H and O–H groups in total. The van der Waals surface area contributed by atoms with Crippen molar-refractivity contribution in [3.05, 3.63) is 58.1 Å². The van der Waals surface area contributed by atoms with Crippen molar-refractivity contribution < 1.29 is 23.6 Å². The Bertz CT molecular complexity index is 1260. The van der Waals surface area contributed by atoms with E-state index in [2.05, 4.69) is 35.6 Å². The average Bonchev–Trinajstić information content (AvgIpc) is 3.19. The van der Waals surface area contributed by atoms with Crippen LogP contribution in [0.4, 0.5) is 5.69 Å². The summed E-state index contributed by atoms with van der Waals surface area (Å²) in [6.45, 7) is 7.25. The summed E-state index contributed by atoms with van der Waals surface area (Å²) in [6.07, 6.45) is 9.82. The summed E-state index contributed by atoms with van der Waals surface area (Å²) in [5, 5.41) is 7.63. The maximum Gasteiger partial charge on any atom is 0.263 e. The third-order valence-electron chi connectivity index (χ3n) is 9.73.